The van der Waals surface area contributed by atoms with Crippen molar-refractivity contribution in [3.8, 4) is 5.75 Å². The highest BCUT2D eigenvalue weighted by Gasteiger charge is 2.18. The highest BCUT2D eigenvalue weighted by atomic mass is 35.5. The van der Waals surface area contributed by atoms with Crippen LogP contribution in [0.5, 0.6) is 5.75 Å². The van der Waals surface area contributed by atoms with Gasteiger partial charge in [0.05, 0.1) is 12.8 Å². The van der Waals surface area contributed by atoms with Crippen LogP contribution in [0, 0.1) is 0 Å². The lowest BCUT2D eigenvalue weighted by molar-refractivity contribution is -0.213. The molecular formula is C26H31ClN3O2-. The van der Waals surface area contributed by atoms with Crippen molar-refractivity contribution >= 4 is 34.8 Å². The Balaban J connectivity index is 0.00000289. The predicted octanol–water partition coefficient (Wildman–Crippen LogP) is 3.98. The van der Waals surface area contributed by atoms with Crippen LogP contribution < -0.4 is 14.7 Å². The highest BCUT2D eigenvalue weighted by molar-refractivity contribution is 5.96. The number of nitrogens with zero attached hydrogens (tertiary/aromatic N) is 3. The largest absolute Gasteiger partial charge is 0.858 e. The zero-order valence-electron chi connectivity index (χ0n) is 18.6. The average Bonchev–Trinajstić information content (AvgIpc) is 2.83. The van der Waals surface area contributed by atoms with Crippen molar-refractivity contribution in [3.05, 3.63) is 72.3 Å². The summed E-state index contributed by atoms with van der Waals surface area (Å²) in [5.74, 6) is 0.824. The van der Waals surface area contributed by atoms with E-state index in [0.717, 1.165) is 62.1 Å². The lowest BCUT2D eigenvalue weighted by Crippen LogP contribution is -2.46. The van der Waals surface area contributed by atoms with Crippen molar-refractivity contribution in [2.75, 3.05) is 51.3 Å². The van der Waals surface area contributed by atoms with Gasteiger partial charge in [0.1, 0.15) is 5.75 Å². The van der Waals surface area contributed by atoms with E-state index in [1.54, 1.807) is 7.11 Å². The molecule has 0 spiro atoms. The molecule has 32 heavy (non-hydrogen) atoms. The van der Waals surface area contributed by atoms with Crippen LogP contribution in [0.2, 0.25) is 0 Å². The Morgan fingerprint density at radius 3 is 2.41 bits per heavy atom. The first-order valence-electron chi connectivity index (χ1n) is 11.1. The minimum Gasteiger partial charge on any atom is -0.858 e. The number of hydrogen-bond donors (Lipinski definition) is 0. The predicted molar refractivity (Wildman–Crippen MR) is 133 cm³/mol. The number of para-hydroxylation sites is 2. The van der Waals surface area contributed by atoms with Crippen LogP contribution in [0.3, 0.4) is 0 Å². The van der Waals surface area contributed by atoms with Gasteiger partial charge in [-0.2, -0.15) is 0 Å². The summed E-state index contributed by atoms with van der Waals surface area (Å²) < 4.78 is 5.50. The quantitative estimate of drug-likeness (QED) is 0.295. The van der Waals surface area contributed by atoms with Crippen LogP contribution in [0.25, 0.3) is 10.8 Å². The number of benzene rings is 3. The Kier molecular flexibility index (Phi) is 8.77. The molecule has 170 valence electrons. The van der Waals surface area contributed by atoms with Gasteiger partial charge in [0.2, 0.25) is 0 Å². The van der Waals surface area contributed by atoms with E-state index in [-0.39, 0.29) is 18.3 Å². The zero-order valence-corrected chi connectivity index (χ0v) is 19.4. The highest BCUT2D eigenvalue weighted by Crippen LogP contribution is 2.28. The zero-order chi connectivity index (χ0) is 21.5. The minimum absolute atomic E-state index is 0. The molecule has 4 rings (SSSR count). The third kappa shape index (κ3) is 5.93. The van der Waals surface area contributed by atoms with E-state index in [2.05, 4.69) is 33.0 Å². The van der Waals surface area contributed by atoms with Gasteiger partial charge in [-0.05, 0) is 59.8 Å². The SMILES string of the molecule is COc1ccccc1N1CCN(CCCCN=C([O-])c2ccc3ccccc3c2)CC1.Cl. The fourth-order valence-corrected chi connectivity index (χ4v) is 4.14. The molecule has 0 bridgehead atoms. The monoisotopic (exact) mass is 452 g/mol. The number of aliphatic imine (C=N–C) groups is 1. The van der Waals surface area contributed by atoms with Crippen molar-refractivity contribution in [2.45, 2.75) is 12.8 Å². The molecule has 1 heterocycles. The molecule has 1 aliphatic rings. The van der Waals surface area contributed by atoms with Crippen molar-refractivity contribution in [3.63, 3.8) is 0 Å². The van der Waals surface area contributed by atoms with E-state index in [1.165, 1.54) is 5.69 Å². The normalized spacial score (nSPS) is 14.9. The molecule has 0 aliphatic carbocycles. The Hall–Kier alpha value is -2.76. The number of halogens is 1. The molecule has 0 N–H and O–H groups in total. The van der Waals surface area contributed by atoms with Gasteiger partial charge in [0.25, 0.3) is 0 Å². The summed E-state index contributed by atoms with van der Waals surface area (Å²) in [5, 5.41) is 14.6. The van der Waals surface area contributed by atoms with E-state index < -0.39 is 0 Å². The van der Waals surface area contributed by atoms with Crippen LogP contribution in [0.1, 0.15) is 18.4 Å². The molecule has 6 heteroatoms. The summed E-state index contributed by atoms with van der Waals surface area (Å²) in [7, 11) is 1.73. The lowest BCUT2D eigenvalue weighted by Gasteiger charge is -2.36. The van der Waals surface area contributed by atoms with Crippen molar-refractivity contribution in [1.82, 2.24) is 4.90 Å². The lowest BCUT2D eigenvalue weighted by atomic mass is 10.1. The van der Waals surface area contributed by atoms with Crippen molar-refractivity contribution in [2.24, 2.45) is 4.99 Å². The van der Waals surface area contributed by atoms with E-state index in [9.17, 15) is 5.11 Å². The van der Waals surface area contributed by atoms with Gasteiger partial charge in [-0.15, -0.1) is 12.4 Å². The number of ether oxygens (including phenoxy) is 1. The maximum absolute atomic E-state index is 12.4. The molecule has 1 aliphatic heterocycles. The Labute approximate surface area is 196 Å². The number of hydrogen-bond acceptors (Lipinski definition) is 5. The third-order valence-corrected chi connectivity index (χ3v) is 5.93. The molecule has 0 amide bonds. The fourth-order valence-electron chi connectivity index (χ4n) is 4.14. The van der Waals surface area contributed by atoms with Crippen LogP contribution in [-0.2, 0) is 0 Å². The van der Waals surface area contributed by atoms with Gasteiger partial charge in [-0.1, -0.05) is 48.5 Å². The number of piperazine rings is 1. The molecule has 0 saturated carbocycles. The van der Waals surface area contributed by atoms with Gasteiger partial charge < -0.3 is 19.7 Å². The van der Waals surface area contributed by atoms with Gasteiger partial charge in [0.15, 0.2) is 0 Å². The number of unbranched alkanes of at least 4 members (excludes halogenated alkanes) is 1. The number of fused-ring (bicyclic) bond motifs is 1. The second-order valence-corrected chi connectivity index (χ2v) is 7.96. The number of methoxy groups -OCH3 is 1. The summed E-state index contributed by atoms with van der Waals surface area (Å²) in [5.41, 5.74) is 1.85. The average molecular weight is 453 g/mol. The summed E-state index contributed by atoms with van der Waals surface area (Å²) >= 11 is 0. The summed E-state index contributed by atoms with van der Waals surface area (Å²) in [6, 6.07) is 22.1. The van der Waals surface area contributed by atoms with Gasteiger partial charge in [-0.3, -0.25) is 4.90 Å². The van der Waals surface area contributed by atoms with Crippen LogP contribution in [-0.4, -0.2) is 57.2 Å². The molecule has 3 aromatic carbocycles. The summed E-state index contributed by atoms with van der Waals surface area (Å²) in [6.45, 7) is 5.75. The first-order chi connectivity index (χ1) is 15.2. The standard InChI is InChI=1S/C26H31N3O2.ClH/c1-31-25-11-5-4-10-24(25)29-18-16-28(17-19-29)15-7-6-14-27-26(30)23-13-12-21-8-2-3-9-22(21)20-23;/h2-5,8-13,20H,6-7,14-19H2,1H3,(H,27,30);1H/p-1. The third-order valence-electron chi connectivity index (χ3n) is 5.93. The van der Waals surface area contributed by atoms with Crippen LogP contribution in [0.4, 0.5) is 5.69 Å². The molecular weight excluding hydrogens is 422 g/mol. The molecule has 1 fully saturated rings. The Morgan fingerprint density at radius 1 is 0.906 bits per heavy atom. The summed E-state index contributed by atoms with van der Waals surface area (Å²) in [6.07, 6.45) is 2.00. The van der Waals surface area contributed by atoms with E-state index in [0.29, 0.717) is 12.1 Å². The molecule has 0 unspecified atom stereocenters. The minimum atomic E-state index is -0.115. The van der Waals surface area contributed by atoms with Crippen molar-refractivity contribution < 1.29 is 9.84 Å². The van der Waals surface area contributed by atoms with Gasteiger partial charge in [-0.25, -0.2) is 0 Å². The fraction of sp³-hybridized carbons (Fsp3) is 0.346. The maximum atomic E-state index is 12.4. The van der Waals surface area contributed by atoms with Crippen LogP contribution in [0.15, 0.2) is 71.7 Å². The van der Waals surface area contributed by atoms with Gasteiger partial charge in [0, 0.05) is 32.7 Å². The van der Waals surface area contributed by atoms with E-state index >= 15 is 0 Å². The molecule has 1 saturated heterocycles. The first-order valence-corrected chi connectivity index (χ1v) is 11.1. The maximum Gasteiger partial charge on any atom is 0.142 e. The van der Waals surface area contributed by atoms with Gasteiger partial charge >= 0.3 is 0 Å². The second kappa shape index (κ2) is 11.7. The molecule has 3 aromatic rings. The molecule has 0 aromatic heterocycles. The molecule has 0 radical (unpaired) electrons. The first kappa shape index (κ1) is 23.9. The number of anilines is 1. The Morgan fingerprint density at radius 2 is 1.62 bits per heavy atom. The summed E-state index contributed by atoms with van der Waals surface area (Å²) in [4.78, 5) is 9.17. The van der Waals surface area contributed by atoms with E-state index in [4.69, 9.17) is 4.74 Å². The van der Waals surface area contributed by atoms with Crippen LogP contribution >= 0.6 is 12.4 Å². The second-order valence-electron chi connectivity index (χ2n) is 7.96. The smallest absolute Gasteiger partial charge is 0.142 e. The van der Waals surface area contributed by atoms with Crippen molar-refractivity contribution in [1.29, 1.82) is 0 Å². The molecule has 0 atom stereocenters. The number of rotatable bonds is 8. The topological polar surface area (TPSA) is 51.1 Å². The Bertz CT molecular complexity index is 1030. The molecule has 5 nitrogen and oxygen atoms in total. The van der Waals surface area contributed by atoms with E-state index in [1.807, 2.05) is 48.5 Å².